The summed E-state index contributed by atoms with van der Waals surface area (Å²) >= 11 is 0. The van der Waals surface area contributed by atoms with Crippen molar-refractivity contribution in [3.8, 4) is 11.5 Å². The molecule has 19 heavy (non-hydrogen) atoms. The number of nitrogens with zero attached hydrogens (tertiary/aromatic N) is 2. The largest absolute Gasteiger partial charge is 0.507 e. The van der Waals surface area contributed by atoms with Gasteiger partial charge in [0.1, 0.15) is 17.1 Å². The van der Waals surface area contributed by atoms with Gasteiger partial charge in [-0.05, 0) is 19.1 Å². The molecule has 0 fully saturated rings. The van der Waals surface area contributed by atoms with E-state index in [9.17, 15) is 15.0 Å². The molecule has 0 aliphatic heterocycles. The number of amides is 1. The first-order valence-corrected chi connectivity index (χ1v) is 5.53. The van der Waals surface area contributed by atoms with E-state index in [4.69, 9.17) is 5.73 Å². The highest BCUT2D eigenvalue weighted by Crippen LogP contribution is 2.28. The molecule has 1 aromatic heterocycles. The average Bonchev–Trinajstić information content (AvgIpc) is 2.56. The number of carbonyl (C=O) groups is 1. The van der Waals surface area contributed by atoms with E-state index in [1.165, 1.54) is 22.9 Å². The van der Waals surface area contributed by atoms with Gasteiger partial charge in [-0.2, -0.15) is 5.10 Å². The van der Waals surface area contributed by atoms with E-state index in [1.54, 1.807) is 14.0 Å². The fourth-order valence-corrected chi connectivity index (χ4v) is 1.75. The van der Waals surface area contributed by atoms with Crippen LogP contribution in [-0.4, -0.2) is 25.9 Å². The van der Waals surface area contributed by atoms with Gasteiger partial charge in [0.2, 0.25) is 0 Å². The summed E-state index contributed by atoms with van der Waals surface area (Å²) in [5.74, 6) is -0.972. The fraction of sp³-hybridized carbons (Fsp3) is 0.167. The van der Waals surface area contributed by atoms with Crippen molar-refractivity contribution in [2.24, 2.45) is 7.05 Å². The number of phenols is 2. The Bertz CT molecular complexity index is 628. The van der Waals surface area contributed by atoms with Crippen LogP contribution in [0.2, 0.25) is 0 Å². The molecule has 0 saturated heterocycles. The molecular formula is C12H14N4O3. The van der Waals surface area contributed by atoms with Crippen molar-refractivity contribution in [1.82, 2.24) is 9.78 Å². The van der Waals surface area contributed by atoms with E-state index in [0.717, 1.165) is 0 Å². The smallest absolute Gasteiger partial charge is 0.264 e. The molecule has 0 atom stereocenters. The standard InChI is InChI=1S/C12H14N4O3/c1-6-10(13)11(16(2)15-6)14-12(19)9-7(17)4-3-5-8(9)18/h3-5,17-18H,13H2,1-2H3,(H,14,19). The lowest BCUT2D eigenvalue weighted by atomic mass is 10.1. The van der Waals surface area contributed by atoms with Crippen LogP contribution in [0.1, 0.15) is 16.1 Å². The number of nitrogens with two attached hydrogens (primary N) is 1. The third kappa shape index (κ3) is 2.17. The molecule has 0 bridgehead atoms. The summed E-state index contributed by atoms with van der Waals surface area (Å²) in [7, 11) is 1.63. The van der Waals surface area contributed by atoms with Crippen molar-refractivity contribution < 1.29 is 15.0 Å². The summed E-state index contributed by atoms with van der Waals surface area (Å²) in [4.78, 5) is 12.0. The molecule has 0 aliphatic carbocycles. The van der Waals surface area contributed by atoms with Crippen LogP contribution in [0.25, 0.3) is 0 Å². The van der Waals surface area contributed by atoms with Gasteiger partial charge in [0.05, 0.1) is 11.4 Å². The van der Waals surface area contributed by atoms with Crippen molar-refractivity contribution in [1.29, 1.82) is 0 Å². The van der Waals surface area contributed by atoms with Gasteiger partial charge in [-0.15, -0.1) is 0 Å². The molecule has 0 aliphatic rings. The summed E-state index contributed by atoms with van der Waals surface area (Å²) in [6.45, 7) is 1.71. The predicted octanol–water partition coefficient (Wildman–Crippen LogP) is 0.974. The second-order valence-corrected chi connectivity index (χ2v) is 4.10. The number of nitrogens with one attached hydrogen (secondary N) is 1. The molecule has 0 unspecified atom stereocenters. The summed E-state index contributed by atoms with van der Waals surface area (Å²) in [6, 6.07) is 4.06. The third-order valence-electron chi connectivity index (χ3n) is 2.75. The van der Waals surface area contributed by atoms with Crippen molar-refractivity contribution in [3.63, 3.8) is 0 Å². The normalized spacial score (nSPS) is 10.4. The van der Waals surface area contributed by atoms with Crippen molar-refractivity contribution in [2.75, 3.05) is 11.1 Å². The van der Waals surface area contributed by atoms with E-state index in [2.05, 4.69) is 10.4 Å². The summed E-state index contributed by atoms with van der Waals surface area (Å²) in [5.41, 5.74) is 6.50. The summed E-state index contributed by atoms with van der Waals surface area (Å²) in [6.07, 6.45) is 0. The first-order chi connectivity index (χ1) is 8.91. The van der Waals surface area contributed by atoms with Gasteiger partial charge in [0.15, 0.2) is 5.82 Å². The Morgan fingerprint density at radius 2 is 1.95 bits per heavy atom. The molecule has 100 valence electrons. The lowest BCUT2D eigenvalue weighted by Crippen LogP contribution is -2.16. The number of rotatable bonds is 2. The van der Waals surface area contributed by atoms with Crippen LogP contribution in [0.3, 0.4) is 0 Å². The Balaban J connectivity index is 2.36. The molecule has 7 nitrogen and oxygen atoms in total. The molecule has 1 heterocycles. The predicted molar refractivity (Wildman–Crippen MR) is 70.1 cm³/mol. The maximum atomic E-state index is 12.0. The zero-order chi connectivity index (χ0) is 14.2. The zero-order valence-corrected chi connectivity index (χ0v) is 10.5. The number of nitrogen functional groups attached to an aromatic ring is 1. The second kappa shape index (κ2) is 4.52. The van der Waals surface area contributed by atoms with Gasteiger partial charge in [0, 0.05) is 7.05 Å². The van der Waals surface area contributed by atoms with Crippen molar-refractivity contribution in [3.05, 3.63) is 29.5 Å². The van der Waals surface area contributed by atoms with Gasteiger partial charge in [-0.25, -0.2) is 0 Å². The quantitative estimate of drug-likeness (QED) is 0.644. The van der Waals surface area contributed by atoms with Crippen LogP contribution in [0, 0.1) is 6.92 Å². The van der Waals surface area contributed by atoms with E-state index >= 15 is 0 Å². The number of phenolic OH excluding ortho intramolecular Hbond substituents is 2. The zero-order valence-electron chi connectivity index (χ0n) is 10.5. The van der Waals surface area contributed by atoms with Crippen LogP contribution in [0.4, 0.5) is 11.5 Å². The van der Waals surface area contributed by atoms with Crippen LogP contribution in [-0.2, 0) is 7.05 Å². The molecule has 1 aromatic carbocycles. The van der Waals surface area contributed by atoms with Crippen LogP contribution in [0.15, 0.2) is 18.2 Å². The van der Waals surface area contributed by atoms with E-state index in [-0.39, 0.29) is 17.1 Å². The molecule has 5 N–H and O–H groups in total. The maximum absolute atomic E-state index is 12.0. The van der Waals surface area contributed by atoms with Gasteiger partial charge in [-0.1, -0.05) is 6.07 Å². The van der Waals surface area contributed by atoms with Gasteiger partial charge in [-0.3, -0.25) is 9.48 Å². The number of anilines is 2. The minimum atomic E-state index is -0.662. The molecule has 0 saturated carbocycles. The van der Waals surface area contributed by atoms with Crippen molar-refractivity contribution >= 4 is 17.4 Å². The van der Waals surface area contributed by atoms with E-state index in [0.29, 0.717) is 17.2 Å². The highest BCUT2D eigenvalue weighted by atomic mass is 16.3. The highest BCUT2D eigenvalue weighted by Gasteiger charge is 2.19. The minimum Gasteiger partial charge on any atom is -0.507 e. The van der Waals surface area contributed by atoms with Gasteiger partial charge in [0.25, 0.3) is 5.91 Å². The van der Waals surface area contributed by atoms with Crippen LogP contribution in [0.5, 0.6) is 11.5 Å². The summed E-state index contributed by atoms with van der Waals surface area (Å²) in [5, 5.41) is 25.8. The number of aromatic hydroxyl groups is 2. The Kier molecular flexibility index (Phi) is 3.04. The lowest BCUT2D eigenvalue weighted by Gasteiger charge is -2.09. The number of carbonyl (C=O) groups excluding carboxylic acids is 1. The summed E-state index contributed by atoms with van der Waals surface area (Å²) < 4.78 is 1.42. The Hall–Kier alpha value is -2.70. The number of hydrogen-bond donors (Lipinski definition) is 4. The minimum absolute atomic E-state index is 0.208. The van der Waals surface area contributed by atoms with Gasteiger partial charge < -0.3 is 21.3 Å². The van der Waals surface area contributed by atoms with Gasteiger partial charge >= 0.3 is 0 Å². The molecule has 1 amide bonds. The number of aromatic nitrogens is 2. The number of aryl methyl sites for hydroxylation is 2. The molecule has 2 aromatic rings. The lowest BCUT2D eigenvalue weighted by molar-refractivity contribution is 0.102. The molecule has 0 spiro atoms. The third-order valence-corrected chi connectivity index (χ3v) is 2.75. The second-order valence-electron chi connectivity index (χ2n) is 4.10. The maximum Gasteiger partial charge on any atom is 0.264 e. The van der Waals surface area contributed by atoms with E-state index < -0.39 is 5.91 Å². The molecular weight excluding hydrogens is 248 g/mol. The molecule has 7 heteroatoms. The highest BCUT2D eigenvalue weighted by molar-refractivity contribution is 6.08. The molecule has 0 radical (unpaired) electrons. The topological polar surface area (TPSA) is 113 Å². The Labute approximate surface area is 109 Å². The van der Waals surface area contributed by atoms with Crippen LogP contribution < -0.4 is 11.1 Å². The SMILES string of the molecule is Cc1nn(C)c(NC(=O)c2c(O)cccc2O)c1N. The fourth-order valence-electron chi connectivity index (χ4n) is 1.75. The molecule has 2 rings (SSSR count). The Morgan fingerprint density at radius 1 is 1.37 bits per heavy atom. The van der Waals surface area contributed by atoms with E-state index in [1.807, 2.05) is 0 Å². The monoisotopic (exact) mass is 262 g/mol. The number of benzene rings is 1. The first-order valence-electron chi connectivity index (χ1n) is 5.53. The number of hydrogen-bond acceptors (Lipinski definition) is 5. The Morgan fingerprint density at radius 3 is 2.42 bits per heavy atom. The first kappa shape index (κ1) is 12.7. The average molecular weight is 262 g/mol. The van der Waals surface area contributed by atoms with Crippen LogP contribution >= 0.6 is 0 Å². The van der Waals surface area contributed by atoms with Crippen molar-refractivity contribution in [2.45, 2.75) is 6.92 Å².